The SMILES string of the molecule is CCCCCCCCCCCCCCCCCC(=O)C[C@@H](C)CC(=O)O. The van der Waals surface area contributed by atoms with Gasteiger partial charge < -0.3 is 5.11 Å². The molecule has 3 nitrogen and oxygen atoms in total. The number of hydrogen-bond donors (Lipinski definition) is 1. The van der Waals surface area contributed by atoms with Crippen LogP contribution in [-0.4, -0.2) is 16.9 Å². The minimum Gasteiger partial charge on any atom is -0.481 e. The van der Waals surface area contributed by atoms with Gasteiger partial charge in [-0.3, -0.25) is 9.59 Å². The first-order chi connectivity index (χ1) is 12.6. The van der Waals surface area contributed by atoms with Crippen molar-refractivity contribution >= 4 is 11.8 Å². The van der Waals surface area contributed by atoms with Gasteiger partial charge in [-0.2, -0.15) is 0 Å². The largest absolute Gasteiger partial charge is 0.481 e. The van der Waals surface area contributed by atoms with Crippen molar-refractivity contribution in [3.05, 3.63) is 0 Å². The highest BCUT2D eigenvalue weighted by atomic mass is 16.4. The number of carboxylic acid groups (broad SMARTS) is 1. The van der Waals surface area contributed by atoms with E-state index in [1.807, 2.05) is 6.92 Å². The van der Waals surface area contributed by atoms with E-state index in [1.165, 1.54) is 83.5 Å². The van der Waals surface area contributed by atoms with Crippen LogP contribution < -0.4 is 0 Å². The molecule has 0 aromatic heterocycles. The van der Waals surface area contributed by atoms with Crippen molar-refractivity contribution in [2.45, 2.75) is 129 Å². The minimum atomic E-state index is -0.808. The quantitative estimate of drug-likeness (QED) is 0.229. The van der Waals surface area contributed by atoms with Crippen LogP contribution in [0.1, 0.15) is 129 Å². The molecule has 0 saturated heterocycles. The predicted molar refractivity (Wildman–Crippen MR) is 111 cm³/mol. The lowest BCUT2D eigenvalue weighted by Crippen LogP contribution is -2.09. The molecule has 0 fully saturated rings. The number of Topliss-reactive ketones (excluding diaryl/α,β-unsaturated/α-hetero) is 1. The maximum atomic E-state index is 11.8. The number of carboxylic acids is 1. The Labute approximate surface area is 162 Å². The monoisotopic (exact) mass is 368 g/mol. The summed E-state index contributed by atoms with van der Waals surface area (Å²) in [6, 6.07) is 0. The molecule has 0 radical (unpaired) electrons. The summed E-state index contributed by atoms with van der Waals surface area (Å²) in [5.74, 6) is -0.609. The molecule has 0 aliphatic heterocycles. The van der Waals surface area contributed by atoms with Crippen LogP contribution in [-0.2, 0) is 9.59 Å². The van der Waals surface area contributed by atoms with Crippen molar-refractivity contribution in [3.63, 3.8) is 0 Å². The molecule has 0 rings (SSSR count). The molecule has 1 N–H and O–H groups in total. The van der Waals surface area contributed by atoms with Crippen molar-refractivity contribution in [2.24, 2.45) is 5.92 Å². The van der Waals surface area contributed by atoms with Gasteiger partial charge in [-0.05, 0) is 12.3 Å². The zero-order valence-corrected chi connectivity index (χ0v) is 17.6. The van der Waals surface area contributed by atoms with Gasteiger partial charge in [0.25, 0.3) is 0 Å². The summed E-state index contributed by atoms with van der Waals surface area (Å²) >= 11 is 0. The van der Waals surface area contributed by atoms with Gasteiger partial charge in [0.15, 0.2) is 0 Å². The first-order valence-electron chi connectivity index (χ1n) is 11.3. The Balaban J connectivity index is 3.21. The van der Waals surface area contributed by atoms with Crippen molar-refractivity contribution < 1.29 is 14.7 Å². The average Bonchev–Trinajstić information content (AvgIpc) is 2.57. The second kappa shape index (κ2) is 18.9. The summed E-state index contributed by atoms with van der Waals surface area (Å²) in [6.07, 6.45) is 21.1. The van der Waals surface area contributed by atoms with Gasteiger partial charge in [0.05, 0.1) is 0 Å². The number of carbonyl (C=O) groups is 2. The fraction of sp³-hybridized carbons (Fsp3) is 0.913. The molecule has 0 unspecified atom stereocenters. The Hall–Kier alpha value is -0.860. The second-order valence-corrected chi connectivity index (χ2v) is 8.15. The Bertz CT molecular complexity index is 338. The highest BCUT2D eigenvalue weighted by Gasteiger charge is 2.12. The summed E-state index contributed by atoms with van der Waals surface area (Å²) in [7, 11) is 0. The summed E-state index contributed by atoms with van der Waals surface area (Å²) in [6.45, 7) is 4.11. The number of aliphatic carboxylic acids is 1. The van der Waals surface area contributed by atoms with E-state index in [0.717, 1.165) is 12.8 Å². The fourth-order valence-corrected chi connectivity index (χ4v) is 3.55. The van der Waals surface area contributed by atoms with Crippen LogP contribution in [0.3, 0.4) is 0 Å². The van der Waals surface area contributed by atoms with Gasteiger partial charge in [0.2, 0.25) is 0 Å². The Morgan fingerprint density at radius 2 is 1.04 bits per heavy atom. The van der Waals surface area contributed by atoms with Crippen molar-refractivity contribution in [1.29, 1.82) is 0 Å². The molecule has 154 valence electrons. The first-order valence-corrected chi connectivity index (χ1v) is 11.3. The molecule has 0 amide bonds. The second-order valence-electron chi connectivity index (χ2n) is 8.15. The van der Waals surface area contributed by atoms with E-state index >= 15 is 0 Å². The average molecular weight is 369 g/mol. The maximum absolute atomic E-state index is 11.8. The molecule has 0 bridgehead atoms. The molecule has 0 heterocycles. The normalized spacial score (nSPS) is 12.2. The summed E-state index contributed by atoms with van der Waals surface area (Å²) in [4.78, 5) is 22.4. The van der Waals surface area contributed by atoms with E-state index in [1.54, 1.807) is 0 Å². The number of carbonyl (C=O) groups excluding carboxylic acids is 1. The molecule has 26 heavy (non-hydrogen) atoms. The number of rotatable bonds is 20. The van der Waals surface area contributed by atoms with Gasteiger partial charge >= 0.3 is 5.97 Å². The topological polar surface area (TPSA) is 54.4 Å². The van der Waals surface area contributed by atoms with Crippen LogP contribution in [0.4, 0.5) is 0 Å². The third-order valence-electron chi connectivity index (χ3n) is 5.16. The third-order valence-corrected chi connectivity index (χ3v) is 5.16. The van der Waals surface area contributed by atoms with E-state index < -0.39 is 5.97 Å². The lowest BCUT2D eigenvalue weighted by molar-refractivity contribution is -0.138. The summed E-state index contributed by atoms with van der Waals surface area (Å²) in [5.41, 5.74) is 0. The summed E-state index contributed by atoms with van der Waals surface area (Å²) < 4.78 is 0. The molecule has 0 aliphatic carbocycles. The zero-order valence-electron chi connectivity index (χ0n) is 17.6. The van der Waals surface area contributed by atoms with E-state index in [4.69, 9.17) is 5.11 Å². The van der Waals surface area contributed by atoms with Crippen LogP contribution in [0.5, 0.6) is 0 Å². The molecule has 0 spiro atoms. The smallest absolute Gasteiger partial charge is 0.303 e. The van der Waals surface area contributed by atoms with Crippen LogP contribution in [0.2, 0.25) is 0 Å². The number of hydrogen-bond acceptors (Lipinski definition) is 2. The van der Waals surface area contributed by atoms with Gasteiger partial charge in [0.1, 0.15) is 5.78 Å². The molecular formula is C23H44O3. The molecule has 0 aliphatic rings. The lowest BCUT2D eigenvalue weighted by atomic mass is 9.98. The maximum Gasteiger partial charge on any atom is 0.303 e. The Morgan fingerprint density at radius 3 is 1.42 bits per heavy atom. The number of ketones is 1. The molecule has 3 heteroatoms. The molecule has 0 aromatic rings. The molecule has 0 saturated carbocycles. The molecular weight excluding hydrogens is 324 g/mol. The van der Waals surface area contributed by atoms with Crippen LogP contribution in [0, 0.1) is 5.92 Å². The van der Waals surface area contributed by atoms with Crippen molar-refractivity contribution in [2.75, 3.05) is 0 Å². The highest BCUT2D eigenvalue weighted by Crippen LogP contribution is 2.15. The molecule has 0 aromatic carbocycles. The van der Waals surface area contributed by atoms with Gasteiger partial charge in [0, 0.05) is 19.3 Å². The van der Waals surface area contributed by atoms with E-state index in [9.17, 15) is 9.59 Å². The molecule has 1 atom stereocenters. The zero-order chi connectivity index (χ0) is 19.5. The lowest BCUT2D eigenvalue weighted by Gasteiger charge is -2.07. The Morgan fingerprint density at radius 1 is 0.654 bits per heavy atom. The van der Waals surface area contributed by atoms with Crippen LogP contribution in [0.15, 0.2) is 0 Å². The van der Waals surface area contributed by atoms with Gasteiger partial charge in [-0.25, -0.2) is 0 Å². The van der Waals surface area contributed by atoms with Gasteiger partial charge in [-0.1, -0.05) is 104 Å². The fourth-order valence-electron chi connectivity index (χ4n) is 3.55. The van der Waals surface area contributed by atoms with E-state index in [0.29, 0.717) is 12.8 Å². The van der Waals surface area contributed by atoms with Crippen LogP contribution >= 0.6 is 0 Å². The number of unbranched alkanes of at least 4 members (excludes halogenated alkanes) is 14. The predicted octanol–water partition coefficient (Wildman–Crippen LogP) is 7.32. The first kappa shape index (κ1) is 25.1. The Kier molecular flexibility index (Phi) is 18.3. The third kappa shape index (κ3) is 19.5. The summed E-state index contributed by atoms with van der Waals surface area (Å²) in [5, 5.41) is 8.70. The van der Waals surface area contributed by atoms with Crippen LogP contribution in [0.25, 0.3) is 0 Å². The van der Waals surface area contributed by atoms with Gasteiger partial charge in [-0.15, -0.1) is 0 Å². The van der Waals surface area contributed by atoms with E-state index in [-0.39, 0.29) is 18.1 Å². The standard InChI is InChI=1S/C23H44O3/c1-3-4-5-6-7-8-9-10-11-12-13-14-15-16-17-18-22(24)19-21(2)20-23(25)26/h21H,3-20H2,1-2H3,(H,25,26)/t21-/m1/s1. The van der Waals surface area contributed by atoms with Crippen molar-refractivity contribution in [3.8, 4) is 0 Å². The van der Waals surface area contributed by atoms with E-state index in [2.05, 4.69) is 6.92 Å². The van der Waals surface area contributed by atoms with Crippen molar-refractivity contribution in [1.82, 2.24) is 0 Å². The minimum absolute atomic E-state index is 0.0312. The highest BCUT2D eigenvalue weighted by molar-refractivity contribution is 5.79.